The molecule has 1 fully saturated rings. The van der Waals surface area contributed by atoms with Gasteiger partial charge in [-0.15, -0.1) is 11.3 Å². The Morgan fingerprint density at radius 2 is 1.83 bits per heavy atom. The standard InChI is InChI=1S/C21H22N4O3S/c26-18(19-6-3-13-29-19)14-23-9-11-24(12-10-23)20(27)7-8-25-15-22-17-5-2-1-4-16(17)21(25)28/h1-6,13,15H,7-12,14H2. The third-order valence-corrected chi connectivity index (χ3v) is 6.10. The van der Waals surface area contributed by atoms with Crippen LogP contribution in [0.4, 0.5) is 0 Å². The maximum atomic E-state index is 12.6. The van der Waals surface area contributed by atoms with Crippen molar-refractivity contribution < 1.29 is 9.59 Å². The van der Waals surface area contributed by atoms with Gasteiger partial charge < -0.3 is 4.90 Å². The molecule has 0 N–H and O–H groups in total. The fraction of sp³-hybridized carbons (Fsp3) is 0.333. The Morgan fingerprint density at radius 3 is 2.59 bits per heavy atom. The van der Waals surface area contributed by atoms with Gasteiger partial charge in [-0.05, 0) is 23.6 Å². The SMILES string of the molecule is O=C(CN1CCN(C(=O)CCn2cnc3ccccc3c2=O)CC1)c1cccs1. The first-order valence-corrected chi connectivity index (χ1v) is 10.5. The largest absolute Gasteiger partial charge is 0.340 e. The van der Waals surface area contributed by atoms with Gasteiger partial charge in [0.25, 0.3) is 5.56 Å². The second kappa shape index (κ2) is 8.67. The number of amides is 1. The maximum Gasteiger partial charge on any atom is 0.261 e. The summed E-state index contributed by atoms with van der Waals surface area (Å²) in [6, 6.07) is 10.9. The van der Waals surface area contributed by atoms with E-state index in [1.54, 1.807) is 12.1 Å². The van der Waals surface area contributed by atoms with E-state index in [4.69, 9.17) is 0 Å². The quantitative estimate of drug-likeness (QED) is 0.580. The Morgan fingerprint density at radius 1 is 1.03 bits per heavy atom. The fourth-order valence-corrected chi connectivity index (χ4v) is 4.17. The lowest BCUT2D eigenvalue weighted by Crippen LogP contribution is -2.50. The van der Waals surface area contributed by atoms with Crippen molar-refractivity contribution >= 4 is 33.9 Å². The molecule has 0 spiro atoms. The minimum atomic E-state index is -0.125. The molecule has 1 aromatic carbocycles. The van der Waals surface area contributed by atoms with Crippen LogP contribution in [0.25, 0.3) is 10.9 Å². The second-order valence-electron chi connectivity index (χ2n) is 7.07. The van der Waals surface area contributed by atoms with Gasteiger partial charge in [0, 0.05) is 39.1 Å². The van der Waals surface area contributed by atoms with Gasteiger partial charge in [-0.1, -0.05) is 18.2 Å². The predicted octanol–water partition coefficient (Wildman–Crippen LogP) is 1.88. The van der Waals surface area contributed by atoms with Crippen LogP contribution in [0.15, 0.2) is 52.9 Å². The van der Waals surface area contributed by atoms with Gasteiger partial charge >= 0.3 is 0 Å². The Kier molecular flexibility index (Phi) is 5.82. The highest BCUT2D eigenvalue weighted by Gasteiger charge is 2.23. The lowest BCUT2D eigenvalue weighted by atomic mass is 10.2. The molecule has 0 atom stereocenters. The lowest BCUT2D eigenvalue weighted by molar-refractivity contribution is -0.133. The summed E-state index contributed by atoms with van der Waals surface area (Å²) in [5.41, 5.74) is 0.536. The molecule has 3 heterocycles. The molecule has 1 aliphatic rings. The summed E-state index contributed by atoms with van der Waals surface area (Å²) in [5.74, 6) is 0.150. The van der Waals surface area contributed by atoms with Crippen LogP contribution >= 0.6 is 11.3 Å². The minimum Gasteiger partial charge on any atom is -0.340 e. The number of ketones is 1. The number of thiophene rings is 1. The van der Waals surface area contributed by atoms with Crippen LogP contribution in [-0.2, 0) is 11.3 Å². The van der Waals surface area contributed by atoms with E-state index in [1.807, 2.05) is 34.5 Å². The number of aryl methyl sites for hydroxylation is 1. The van der Waals surface area contributed by atoms with Gasteiger partial charge in [0.1, 0.15) is 0 Å². The van der Waals surface area contributed by atoms with Gasteiger partial charge in [-0.3, -0.25) is 23.9 Å². The van der Waals surface area contributed by atoms with E-state index >= 15 is 0 Å². The van der Waals surface area contributed by atoms with E-state index < -0.39 is 0 Å². The molecular formula is C21H22N4O3S. The van der Waals surface area contributed by atoms with Crippen LogP contribution in [0.3, 0.4) is 0 Å². The molecule has 1 aliphatic heterocycles. The summed E-state index contributed by atoms with van der Waals surface area (Å²) in [6.45, 7) is 3.26. The number of aromatic nitrogens is 2. The number of rotatable bonds is 6. The van der Waals surface area contributed by atoms with Crippen LogP contribution in [-0.4, -0.2) is 63.8 Å². The summed E-state index contributed by atoms with van der Waals surface area (Å²) in [7, 11) is 0. The predicted molar refractivity (Wildman–Crippen MR) is 112 cm³/mol. The number of carbonyl (C=O) groups excluding carboxylic acids is 2. The summed E-state index contributed by atoms with van der Waals surface area (Å²) in [5, 5.41) is 2.46. The van der Waals surface area contributed by atoms with Crippen molar-refractivity contribution in [3.8, 4) is 0 Å². The van der Waals surface area contributed by atoms with Gasteiger partial charge in [0.05, 0.1) is 28.7 Å². The van der Waals surface area contributed by atoms with E-state index in [2.05, 4.69) is 9.88 Å². The molecule has 1 amide bonds. The highest BCUT2D eigenvalue weighted by atomic mass is 32.1. The smallest absolute Gasteiger partial charge is 0.261 e. The molecule has 0 aliphatic carbocycles. The molecule has 0 bridgehead atoms. The first-order valence-electron chi connectivity index (χ1n) is 9.63. The highest BCUT2D eigenvalue weighted by molar-refractivity contribution is 7.12. The molecule has 29 heavy (non-hydrogen) atoms. The third kappa shape index (κ3) is 4.44. The molecule has 0 saturated carbocycles. The zero-order valence-electron chi connectivity index (χ0n) is 16.0. The first-order chi connectivity index (χ1) is 14.1. The number of carbonyl (C=O) groups is 2. The first kappa shape index (κ1) is 19.5. The van der Waals surface area contributed by atoms with Crippen molar-refractivity contribution in [1.82, 2.24) is 19.4 Å². The van der Waals surface area contributed by atoms with Crippen LogP contribution in [0.5, 0.6) is 0 Å². The number of Topliss-reactive ketones (excluding diaryl/α,β-unsaturated/α-hetero) is 1. The Balaban J connectivity index is 1.29. The Bertz CT molecular complexity index is 1070. The highest BCUT2D eigenvalue weighted by Crippen LogP contribution is 2.12. The molecule has 8 heteroatoms. The van der Waals surface area contributed by atoms with Gasteiger partial charge in [-0.25, -0.2) is 4.98 Å². The zero-order valence-corrected chi connectivity index (χ0v) is 16.8. The normalized spacial score (nSPS) is 15.0. The summed E-state index contributed by atoms with van der Waals surface area (Å²) >= 11 is 1.46. The van der Waals surface area contributed by atoms with E-state index in [0.29, 0.717) is 50.2 Å². The molecule has 150 valence electrons. The Labute approximate surface area is 172 Å². The lowest BCUT2D eigenvalue weighted by Gasteiger charge is -2.34. The average molecular weight is 410 g/mol. The molecule has 2 aromatic heterocycles. The van der Waals surface area contributed by atoms with Crippen LogP contribution in [0.2, 0.25) is 0 Å². The zero-order chi connectivity index (χ0) is 20.2. The number of nitrogens with zero attached hydrogens (tertiary/aromatic N) is 4. The minimum absolute atomic E-state index is 0.0225. The summed E-state index contributed by atoms with van der Waals surface area (Å²) in [4.78, 5) is 46.3. The molecule has 0 radical (unpaired) electrons. The Hall–Kier alpha value is -2.84. The molecule has 3 aromatic rings. The monoisotopic (exact) mass is 410 g/mol. The van der Waals surface area contributed by atoms with Crippen LogP contribution in [0.1, 0.15) is 16.1 Å². The van der Waals surface area contributed by atoms with Crippen LogP contribution < -0.4 is 5.56 Å². The maximum absolute atomic E-state index is 12.6. The van der Waals surface area contributed by atoms with Gasteiger partial charge in [0.2, 0.25) is 5.91 Å². The number of piperazine rings is 1. The molecule has 1 saturated heterocycles. The molecule has 4 rings (SSSR count). The fourth-order valence-electron chi connectivity index (χ4n) is 3.51. The van der Waals surface area contributed by atoms with Crippen molar-refractivity contribution in [3.05, 3.63) is 63.3 Å². The van der Waals surface area contributed by atoms with Gasteiger partial charge in [-0.2, -0.15) is 0 Å². The molecule has 0 unspecified atom stereocenters. The van der Waals surface area contributed by atoms with E-state index in [-0.39, 0.29) is 23.7 Å². The molecular weight excluding hydrogens is 388 g/mol. The van der Waals surface area contributed by atoms with Crippen molar-refractivity contribution in [2.75, 3.05) is 32.7 Å². The van der Waals surface area contributed by atoms with E-state index in [9.17, 15) is 14.4 Å². The topological polar surface area (TPSA) is 75.5 Å². The summed E-state index contributed by atoms with van der Waals surface area (Å²) < 4.78 is 1.50. The average Bonchev–Trinajstić information content (AvgIpc) is 3.29. The number of hydrogen-bond acceptors (Lipinski definition) is 6. The second-order valence-corrected chi connectivity index (χ2v) is 8.02. The van der Waals surface area contributed by atoms with E-state index in [1.165, 1.54) is 22.2 Å². The van der Waals surface area contributed by atoms with Crippen molar-refractivity contribution in [3.63, 3.8) is 0 Å². The van der Waals surface area contributed by atoms with E-state index in [0.717, 1.165) is 4.88 Å². The number of fused-ring (bicyclic) bond motifs is 1. The number of hydrogen-bond donors (Lipinski definition) is 0. The third-order valence-electron chi connectivity index (χ3n) is 5.19. The number of benzene rings is 1. The van der Waals surface area contributed by atoms with Crippen LogP contribution in [0, 0.1) is 0 Å². The van der Waals surface area contributed by atoms with Crippen molar-refractivity contribution in [2.24, 2.45) is 0 Å². The van der Waals surface area contributed by atoms with Crippen molar-refractivity contribution in [1.29, 1.82) is 0 Å². The van der Waals surface area contributed by atoms with Crippen molar-refractivity contribution in [2.45, 2.75) is 13.0 Å². The summed E-state index contributed by atoms with van der Waals surface area (Å²) in [6.07, 6.45) is 1.76. The van der Waals surface area contributed by atoms with Gasteiger partial charge in [0.15, 0.2) is 5.78 Å². The molecule has 7 nitrogen and oxygen atoms in total. The number of para-hydroxylation sites is 1.